The summed E-state index contributed by atoms with van der Waals surface area (Å²) in [6, 6.07) is 9.28. The number of aromatic nitrogens is 6. The molecule has 1 amide bonds. The molecule has 0 aliphatic heterocycles. The molecule has 11 heteroatoms. The minimum Gasteiger partial charge on any atom is -0.470 e. The van der Waals surface area contributed by atoms with Crippen molar-refractivity contribution in [2.75, 3.05) is 6.54 Å². The number of halogens is 2. The van der Waals surface area contributed by atoms with Crippen LogP contribution in [-0.4, -0.2) is 42.0 Å². The molecule has 0 bridgehead atoms. The van der Waals surface area contributed by atoms with Crippen LogP contribution in [-0.2, 0) is 6.61 Å². The molecule has 0 fully saturated rings. The van der Waals surface area contributed by atoms with Gasteiger partial charge in [-0.1, -0.05) is 12.1 Å². The van der Waals surface area contributed by atoms with Gasteiger partial charge in [-0.2, -0.15) is 5.10 Å². The molecule has 0 radical (unpaired) electrons. The van der Waals surface area contributed by atoms with Crippen molar-refractivity contribution in [1.82, 2.24) is 34.8 Å². The SMILES string of the molecule is CCNC(=O)c1cn(-c2ccc(OCc3c(C)cnn3-c3ccc(C(F)F)cc3)nn2)cn1. The Morgan fingerprint density at radius 2 is 1.94 bits per heavy atom. The third-order valence-electron chi connectivity index (χ3n) is 4.87. The van der Waals surface area contributed by atoms with Crippen LogP contribution >= 0.6 is 0 Å². The molecule has 0 aliphatic carbocycles. The van der Waals surface area contributed by atoms with Crippen molar-refractivity contribution in [2.45, 2.75) is 26.9 Å². The smallest absolute Gasteiger partial charge is 0.271 e. The third kappa shape index (κ3) is 4.86. The van der Waals surface area contributed by atoms with E-state index in [1.807, 2.05) is 13.8 Å². The van der Waals surface area contributed by atoms with Crippen molar-refractivity contribution in [2.24, 2.45) is 0 Å². The zero-order valence-corrected chi connectivity index (χ0v) is 17.9. The van der Waals surface area contributed by atoms with Gasteiger partial charge in [-0.15, -0.1) is 10.2 Å². The minimum absolute atomic E-state index is 0.0493. The van der Waals surface area contributed by atoms with Gasteiger partial charge in [0.05, 0.1) is 17.6 Å². The van der Waals surface area contributed by atoms with Gasteiger partial charge in [0, 0.05) is 24.4 Å². The number of hydrogen-bond donors (Lipinski definition) is 1. The Balaban J connectivity index is 1.45. The standard InChI is InChI=1S/C22H21F2N7O2/c1-3-25-22(32)17-11-30(13-26-17)19-8-9-20(29-28-19)33-12-18-14(2)10-27-31(18)16-6-4-15(5-7-16)21(23)24/h4-11,13,21H,3,12H2,1-2H3,(H,25,32). The number of alkyl halides is 2. The van der Waals surface area contributed by atoms with Crippen LogP contribution < -0.4 is 10.1 Å². The van der Waals surface area contributed by atoms with Gasteiger partial charge >= 0.3 is 0 Å². The fraction of sp³-hybridized carbons (Fsp3) is 0.227. The number of rotatable bonds is 8. The second kappa shape index (κ2) is 9.55. The summed E-state index contributed by atoms with van der Waals surface area (Å²) < 4.78 is 34.6. The average molecular weight is 453 g/mol. The Labute approximate surface area is 188 Å². The van der Waals surface area contributed by atoms with Gasteiger partial charge in [-0.25, -0.2) is 18.4 Å². The number of benzene rings is 1. The van der Waals surface area contributed by atoms with E-state index in [2.05, 4.69) is 25.6 Å². The van der Waals surface area contributed by atoms with Gasteiger partial charge in [-0.3, -0.25) is 9.36 Å². The summed E-state index contributed by atoms with van der Waals surface area (Å²) in [5, 5.41) is 15.2. The predicted octanol–water partition coefficient (Wildman–Crippen LogP) is 3.42. The van der Waals surface area contributed by atoms with E-state index in [1.165, 1.54) is 18.5 Å². The van der Waals surface area contributed by atoms with Crippen LogP contribution in [0.2, 0.25) is 0 Å². The van der Waals surface area contributed by atoms with Crippen molar-refractivity contribution in [1.29, 1.82) is 0 Å². The lowest BCUT2D eigenvalue weighted by Crippen LogP contribution is -2.22. The monoisotopic (exact) mass is 453 g/mol. The number of nitrogens with one attached hydrogen (secondary N) is 1. The molecule has 33 heavy (non-hydrogen) atoms. The van der Waals surface area contributed by atoms with Gasteiger partial charge in [-0.05, 0) is 37.6 Å². The molecule has 9 nitrogen and oxygen atoms in total. The summed E-state index contributed by atoms with van der Waals surface area (Å²) >= 11 is 0. The highest BCUT2D eigenvalue weighted by molar-refractivity contribution is 5.92. The van der Waals surface area contributed by atoms with Gasteiger partial charge in [0.25, 0.3) is 12.3 Å². The second-order valence-corrected chi connectivity index (χ2v) is 7.12. The third-order valence-corrected chi connectivity index (χ3v) is 4.87. The molecule has 0 aliphatic rings. The van der Waals surface area contributed by atoms with E-state index in [1.54, 1.807) is 45.9 Å². The predicted molar refractivity (Wildman–Crippen MR) is 115 cm³/mol. The Kier molecular flexibility index (Phi) is 6.38. The number of aryl methyl sites for hydroxylation is 1. The van der Waals surface area contributed by atoms with Crippen LogP contribution in [0.15, 0.2) is 55.1 Å². The summed E-state index contributed by atoms with van der Waals surface area (Å²) in [5.74, 6) is 0.508. The molecule has 0 saturated heterocycles. The Morgan fingerprint density at radius 1 is 1.15 bits per heavy atom. The van der Waals surface area contributed by atoms with E-state index < -0.39 is 6.43 Å². The first kappa shape index (κ1) is 22.1. The molecule has 4 aromatic rings. The molecule has 170 valence electrons. The quantitative estimate of drug-likeness (QED) is 0.439. The Bertz CT molecular complexity index is 1230. The van der Waals surface area contributed by atoms with Gasteiger partial charge < -0.3 is 10.1 Å². The molecule has 0 unspecified atom stereocenters. The maximum absolute atomic E-state index is 12.8. The number of carbonyl (C=O) groups excluding carboxylic acids is 1. The van der Waals surface area contributed by atoms with E-state index in [4.69, 9.17) is 4.74 Å². The molecule has 0 spiro atoms. The highest BCUT2D eigenvalue weighted by Gasteiger charge is 2.13. The van der Waals surface area contributed by atoms with E-state index in [0.717, 1.165) is 11.3 Å². The van der Waals surface area contributed by atoms with Crippen molar-refractivity contribution in [3.05, 3.63) is 77.6 Å². The Hall–Kier alpha value is -4.15. The fourth-order valence-electron chi connectivity index (χ4n) is 3.10. The van der Waals surface area contributed by atoms with Crippen molar-refractivity contribution >= 4 is 5.91 Å². The van der Waals surface area contributed by atoms with Gasteiger partial charge in [0.1, 0.15) is 18.6 Å². The zero-order valence-electron chi connectivity index (χ0n) is 17.9. The van der Waals surface area contributed by atoms with Crippen molar-refractivity contribution in [3.8, 4) is 17.4 Å². The van der Waals surface area contributed by atoms with E-state index in [9.17, 15) is 13.6 Å². The molecule has 3 aromatic heterocycles. The number of carbonyl (C=O) groups is 1. The number of hydrogen-bond acceptors (Lipinski definition) is 6. The summed E-state index contributed by atoms with van der Waals surface area (Å²) in [5.41, 5.74) is 2.52. The van der Waals surface area contributed by atoms with Crippen LogP contribution in [0, 0.1) is 6.92 Å². The van der Waals surface area contributed by atoms with E-state index >= 15 is 0 Å². The zero-order chi connectivity index (χ0) is 23.4. The average Bonchev–Trinajstić information content (AvgIpc) is 3.46. The fourth-order valence-corrected chi connectivity index (χ4v) is 3.10. The van der Waals surface area contributed by atoms with Gasteiger partial charge in [0.2, 0.25) is 5.88 Å². The lowest BCUT2D eigenvalue weighted by atomic mass is 10.2. The molecule has 0 saturated carbocycles. The number of imidazole rings is 1. The first-order valence-electron chi connectivity index (χ1n) is 10.2. The largest absolute Gasteiger partial charge is 0.470 e. The van der Waals surface area contributed by atoms with Crippen LogP contribution in [0.1, 0.15) is 40.7 Å². The maximum atomic E-state index is 12.8. The molecule has 4 rings (SSSR count). The number of nitrogens with zero attached hydrogens (tertiary/aromatic N) is 6. The van der Waals surface area contributed by atoms with Crippen LogP contribution in [0.25, 0.3) is 11.5 Å². The lowest BCUT2D eigenvalue weighted by molar-refractivity contribution is 0.0951. The molecule has 3 heterocycles. The van der Waals surface area contributed by atoms with Crippen molar-refractivity contribution in [3.63, 3.8) is 0 Å². The topological polar surface area (TPSA) is 99.8 Å². The molecule has 1 N–H and O–H groups in total. The summed E-state index contributed by atoms with van der Waals surface area (Å²) in [4.78, 5) is 15.9. The van der Waals surface area contributed by atoms with E-state index in [-0.39, 0.29) is 23.8 Å². The lowest BCUT2D eigenvalue weighted by Gasteiger charge is -2.11. The van der Waals surface area contributed by atoms with Crippen LogP contribution in [0.3, 0.4) is 0 Å². The molecule has 1 aromatic carbocycles. The highest BCUT2D eigenvalue weighted by Crippen LogP contribution is 2.22. The minimum atomic E-state index is -2.52. The first-order valence-corrected chi connectivity index (χ1v) is 10.2. The summed E-state index contributed by atoms with van der Waals surface area (Å²) in [7, 11) is 0. The maximum Gasteiger partial charge on any atom is 0.271 e. The van der Waals surface area contributed by atoms with Crippen molar-refractivity contribution < 1.29 is 18.3 Å². The highest BCUT2D eigenvalue weighted by atomic mass is 19.3. The van der Waals surface area contributed by atoms with Crippen LogP contribution in [0.4, 0.5) is 8.78 Å². The van der Waals surface area contributed by atoms with Gasteiger partial charge in [0.15, 0.2) is 5.82 Å². The molecule has 0 atom stereocenters. The number of amides is 1. The summed E-state index contributed by atoms with van der Waals surface area (Å²) in [6.45, 7) is 4.38. The Morgan fingerprint density at radius 3 is 2.61 bits per heavy atom. The van der Waals surface area contributed by atoms with E-state index in [0.29, 0.717) is 23.9 Å². The van der Waals surface area contributed by atoms with Crippen LogP contribution in [0.5, 0.6) is 5.88 Å². The summed E-state index contributed by atoms with van der Waals surface area (Å²) in [6.07, 6.45) is 2.21. The second-order valence-electron chi connectivity index (χ2n) is 7.12. The number of ether oxygens (including phenoxy) is 1. The molecular weight excluding hydrogens is 432 g/mol. The first-order chi connectivity index (χ1) is 16.0. The molecular formula is C22H21F2N7O2. The normalized spacial score (nSPS) is 11.1.